The molecule has 0 fully saturated rings. The van der Waals surface area contributed by atoms with Crippen molar-refractivity contribution in [3.63, 3.8) is 0 Å². The van der Waals surface area contributed by atoms with Crippen LogP contribution >= 0.6 is 23.2 Å². The van der Waals surface area contributed by atoms with Crippen molar-refractivity contribution < 1.29 is 19.0 Å². The van der Waals surface area contributed by atoms with Crippen molar-refractivity contribution in [3.05, 3.63) is 76.5 Å². The van der Waals surface area contributed by atoms with Crippen molar-refractivity contribution in [2.24, 2.45) is 0 Å². The number of hydrogen-bond donors (Lipinski definition) is 1. The lowest BCUT2D eigenvalue weighted by molar-refractivity contribution is -0.116. The molecule has 5 rings (SSSR count). The van der Waals surface area contributed by atoms with E-state index >= 15 is 0 Å². The monoisotopic (exact) mass is 483 g/mol. The van der Waals surface area contributed by atoms with E-state index in [-0.39, 0.29) is 19.1 Å². The normalized spacial score (nSPS) is 12.5. The first-order valence-corrected chi connectivity index (χ1v) is 11.0. The van der Waals surface area contributed by atoms with Gasteiger partial charge in [0.2, 0.25) is 5.91 Å². The van der Waals surface area contributed by atoms with Crippen LogP contribution in [0.3, 0.4) is 0 Å². The third-order valence-corrected chi connectivity index (χ3v) is 5.64. The van der Waals surface area contributed by atoms with Crippen molar-refractivity contribution in [2.75, 3.05) is 18.5 Å². The molecule has 2 heterocycles. The summed E-state index contributed by atoms with van der Waals surface area (Å²) in [5.41, 5.74) is 2.22. The summed E-state index contributed by atoms with van der Waals surface area (Å²) >= 11 is 12.2. The Kier molecular flexibility index (Phi) is 5.98. The van der Waals surface area contributed by atoms with Crippen LogP contribution in [0.15, 0.2) is 60.7 Å². The zero-order valence-electron chi connectivity index (χ0n) is 17.4. The number of hydrogen-bond acceptors (Lipinski definition) is 5. The van der Waals surface area contributed by atoms with Gasteiger partial charge in [0.25, 0.3) is 0 Å². The highest BCUT2D eigenvalue weighted by molar-refractivity contribution is 6.35. The van der Waals surface area contributed by atoms with Crippen LogP contribution in [0.5, 0.6) is 17.2 Å². The van der Waals surface area contributed by atoms with Crippen LogP contribution in [-0.2, 0) is 17.9 Å². The van der Waals surface area contributed by atoms with Crippen molar-refractivity contribution >= 4 is 45.8 Å². The van der Waals surface area contributed by atoms with E-state index in [0.717, 1.165) is 11.0 Å². The largest absolute Gasteiger partial charge is 0.486 e. The van der Waals surface area contributed by atoms with Gasteiger partial charge in [0.1, 0.15) is 37.9 Å². The molecule has 0 saturated heterocycles. The van der Waals surface area contributed by atoms with Crippen LogP contribution in [0, 0.1) is 0 Å². The Hall–Kier alpha value is -3.42. The fourth-order valence-corrected chi connectivity index (χ4v) is 4.07. The molecular formula is C24H19Cl2N3O4. The van der Waals surface area contributed by atoms with Crippen molar-refractivity contribution in [1.29, 1.82) is 0 Å². The smallest absolute Gasteiger partial charge is 0.244 e. The molecule has 3 aromatic carbocycles. The Bertz CT molecular complexity index is 1340. The predicted molar refractivity (Wildman–Crippen MR) is 127 cm³/mol. The third kappa shape index (κ3) is 4.69. The summed E-state index contributed by atoms with van der Waals surface area (Å²) in [6.45, 7) is 1.18. The molecule has 1 aromatic heterocycles. The first kappa shape index (κ1) is 21.4. The van der Waals surface area contributed by atoms with Gasteiger partial charge in [-0.25, -0.2) is 4.98 Å². The maximum absolute atomic E-state index is 12.9. The molecular weight excluding hydrogens is 465 g/mol. The molecule has 168 valence electrons. The van der Waals surface area contributed by atoms with E-state index < -0.39 is 0 Å². The van der Waals surface area contributed by atoms with Gasteiger partial charge in [0.15, 0.2) is 11.5 Å². The summed E-state index contributed by atoms with van der Waals surface area (Å²) < 4.78 is 18.8. The molecule has 1 aliphatic rings. The van der Waals surface area contributed by atoms with Gasteiger partial charge in [-0.2, -0.15) is 0 Å². The summed E-state index contributed by atoms with van der Waals surface area (Å²) in [5.74, 6) is 2.15. The van der Waals surface area contributed by atoms with Gasteiger partial charge in [-0.15, -0.1) is 0 Å². The van der Waals surface area contributed by atoms with Gasteiger partial charge >= 0.3 is 0 Å². The van der Waals surface area contributed by atoms with E-state index in [2.05, 4.69) is 10.3 Å². The van der Waals surface area contributed by atoms with Crippen molar-refractivity contribution in [1.82, 2.24) is 9.55 Å². The molecule has 0 spiro atoms. The number of rotatable bonds is 6. The maximum Gasteiger partial charge on any atom is 0.244 e. The van der Waals surface area contributed by atoms with Crippen molar-refractivity contribution in [3.8, 4) is 17.2 Å². The second-order valence-corrected chi connectivity index (χ2v) is 8.22. The van der Waals surface area contributed by atoms with E-state index in [0.29, 0.717) is 52.0 Å². The Morgan fingerprint density at radius 2 is 1.85 bits per heavy atom. The number of anilines is 1. The number of nitrogens with one attached hydrogen (secondary N) is 1. The number of aromatic nitrogens is 2. The molecule has 4 aromatic rings. The molecule has 0 radical (unpaired) electrons. The van der Waals surface area contributed by atoms with Gasteiger partial charge in [0, 0.05) is 16.8 Å². The minimum Gasteiger partial charge on any atom is -0.486 e. The molecule has 0 atom stereocenters. The molecule has 33 heavy (non-hydrogen) atoms. The third-order valence-electron chi connectivity index (χ3n) is 5.11. The summed E-state index contributed by atoms with van der Waals surface area (Å²) in [5, 5.41) is 3.84. The van der Waals surface area contributed by atoms with Gasteiger partial charge < -0.3 is 24.1 Å². The number of carbonyl (C=O) groups excluding carboxylic acids is 1. The molecule has 9 heteroatoms. The average Bonchev–Trinajstić information content (AvgIpc) is 3.15. The fraction of sp³-hybridized carbons (Fsp3) is 0.167. The molecule has 0 unspecified atom stereocenters. The number of halogens is 2. The van der Waals surface area contributed by atoms with E-state index in [1.807, 2.05) is 28.8 Å². The molecule has 1 amide bonds. The first-order chi connectivity index (χ1) is 16.1. The molecule has 1 aliphatic heterocycles. The van der Waals surface area contributed by atoms with Crippen LogP contribution < -0.4 is 19.5 Å². The van der Waals surface area contributed by atoms with Crippen LogP contribution in [0.4, 0.5) is 5.69 Å². The number of benzene rings is 3. The van der Waals surface area contributed by atoms with Gasteiger partial charge in [-0.05, 0) is 42.5 Å². The molecule has 0 bridgehead atoms. The highest BCUT2D eigenvalue weighted by atomic mass is 35.5. The number of carbonyl (C=O) groups is 1. The Balaban J connectivity index is 1.36. The Morgan fingerprint density at radius 1 is 1.03 bits per heavy atom. The zero-order valence-corrected chi connectivity index (χ0v) is 18.9. The van der Waals surface area contributed by atoms with Crippen LogP contribution in [-0.4, -0.2) is 28.7 Å². The number of para-hydroxylation sites is 2. The second-order valence-electron chi connectivity index (χ2n) is 7.37. The predicted octanol–water partition coefficient (Wildman–Crippen LogP) is 5.33. The SMILES string of the molecule is O=C(Cn1c(COc2ccc(Cl)cc2Cl)nc2ccccc21)Nc1ccc2c(c1)OCCO2. The van der Waals surface area contributed by atoms with Gasteiger partial charge in [-0.1, -0.05) is 35.3 Å². The number of ether oxygens (including phenoxy) is 3. The van der Waals surface area contributed by atoms with Gasteiger partial charge in [0.05, 0.1) is 16.1 Å². The number of amides is 1. The Morgan fingerprint density at radius 3 is 2.70 bits per heavy atom. The molecule has 0 aliphatic carbocycles. The lowest BCUT2D eigenvalue weighted by Gasteiger charge is -2.19. The van der Waals surface area contributed by atoms with E-state index in [9.17, 15) is 4.79 Å². The van der Waals surface area contributed by atoms with Crippen molar-refractivity contribution in [2.45, 2.75) is 13.2 Å². The topological polar surface area (TPSA) is 74.6 Å². The number of fused-ring (bicyclic) bond motifs is 2. The lowest BCUT2D eigenvalue weighted by atomic mass is 10.2. The number of nitrogens with zero attached hydrogens (tertiary/aromatic N) is 2. The maximum atomic E-state index is 12.9. The first-order valence-electron chi connectivity index (χ1n) is 10.3. The highest BCUT2D eigenvalue weighted by Crippen LogP contribution is 2.33. The van der Waals surface area contributed by atoms with E-state index in [4.69, 9.17) is 37.4 Å². The van der Waals surface area contributed by atoms with Crippen LogP contribution in [0.2, 0.25) is 10.0 Å². The minimum absolute atomic E-state index is 0.0575. The summed E-state index contributed by atoms with van der Waals surface area (Å²) in [6, 6.07) is 17.9. The van der Waals surface area contributed by atoms with Gasteiger partial charge in [-0.3, -0.25) is 4.79 Å². The molecule has 0 saturated carbocycles. The highest BCUT2D eigenvalue weighted by Gasteiger charge is 2.17. The standard InChI is InChI=1S/C24H19Cl2N3O4/c25-15-5-7-20(17(26)11-15)33-14-23-28-18-3-1-2-4-19(18)29(23)13-24(30)27-16-6-8-21-22(12-16)32-10-9-31-21/h1-8,11-12H,9-10,13-14H2,(H,27,30). The summed E-state index contributed by atoms with van der Waals surface area (Å²) in [4.78, 5) is 17.5. The summed E-state index contributed by atoms with van der Waals surface area (Å²) in [7, 11) is 0. The summed E-state index contributed by atoms with van der Waals surface area (Å²) in [6.07, 6.45) is 0. The van der Waals surface area contributed by atoms with E-state index in [1.54, 1.807) is 36.4 Å². The molecule has 7 nitrogen and oxygen atoms in total. The van der Waals surface area contributed by atoms with E-state index in [1.165, 1.54) is 0 Å². The fourth-order valence-electron chi connectivity index (χ4n) is 3.61. The average molecular weight is 484 g/mol. The van der Waals surface area contributed by atoms with Crippen LogP contribution in [0.1, 0.15) is 5.82 Å². The Labute approximate surface area is 199 Å². The quantitative estimate of drug-likeness (QED) is 0.401. The second kappa shape index (κ2) is 9.21. The molecule has 1 N–H and O–H groups in total. The lowest BCUT2D eigenvalue weighted by Crippen LogP contribution is -2.21. The minimum atomic E-state index is -0.208. The van der Waals surface area contributed by atoms with Crippen LogP contribution in [0.25, 0.3) is 11.0 Å². The zero-order chi connectivity index (χ0) is 22.8. The number of imidazole rings is 1.